The molecule has 4 aliphatic carbocycles. The van der Waals surface area contributed by atoms with Gasteiger partial charge in [0, 0.05) is 12.5 Å². The summed E-state index contributed by atoms with van der Waals surface area (Å²) in [5, 5.41) is 67.0. The van der Waals surface area contributed by atoms with E-state index < -0.39 is 68.0 Å². The van der Waals surface area contributed by atoms with Crippen molar-refractivity contribution in [1.82, 2.24) is 5.32 Å². The largest absolute Gasteiger partial charge is 0.394 e. The molecular formula is C39H63NO11. The minimum absolute atomic E-state index is 0.0881. The SMILES string of the molecule is C[C@@H]1CC[C@]2(NC1)O[C@@H]1C[C@@H]3[C@H]4CC=C5C[C@@H](O[C@H]6O[C@@H](CO)[C@H](O[C@@H]7O[C@H](C)[C@H](O)[C@@H](O)[C@@H]7O)[C@@H](O)[C@@H]6O)CC[C@@]5(C)[C@@H]4CC[C@@]3(C)[C@@H]1[C@H]2C. The summed E-state index contributed by atoms with van der Waals surface area (Å²) in [7, 11) is 0. The minimum Gasteiger partial charge on any atom is -0.394 e. The van der Waals surface area contributed by atoms with Crippen LogP contribution in [0, 0.1) is 46.3 Å². The first-order valence-corrected chi connectivity index (χ1v) is 20.0. The molecule has 8 rings (SSSR count). The fraction of sp³-hybridized carbons (Fsp3) is 0.949. The third-order valence-electron chi connectivity index (χ3n) is 15.8. The Hall–Kier alpha value is -0.740. The highest BCUT2D eigenvalue weighted by Gasteiger charge is 2.68. The van der Waals surface area contributed by atoms with Gasteiger partial charge in [-0.1, -0.05) is 39.3 Å². The molecule has 4 saturated heterocycles. The molecule has 7 fully saturated rings. The number of rotatable bonds is 5. The predicted octanol–water partition coefficient (Wildman–Crippen LogP) is 1.96. The van der Waals surface area contributed by atoms with Gasteiger partial charge in [0.2, 0.25) is 0 Å². The predicted molar refractivity (Wildman–Crippen MR) is 184 cm³/mol. The van der Waals surface area contributed by atoms with Gasteiger partial charge in [-0.15, -0.1) is 0 Å². The van der Waals surface area contributed by atoms with Crippen LogP contribution in [0.2, 0.25) is 0 Å². The van der Waals surface area contributed by atoms with Gasteiger partial charge in [0.25, 0.3) is 0 Å². The van der Waals surface area contributed by atoms with Crippen LogP contribution < -0.4 is 5.32 Å². The molecule has 12 nitrogen and oxygen atoms in total. The van der Waals surface area contributed by atoms with Gasteiger partial charge in [-0.3, -0.25) is 5.32 Å². The highest BCUT2D eigenvalue weighted by atomic mass is 16.7. The summed E-state index contributed by atoms with van der Waals surface area (Å²) in [5.74, 6) is 3.74. The molecule has 0 amide bonds. The highest BCUT2D eigenvalue weighted by Crippen LogP contribution is 2.70. The van der Waals surface area contributed by atoms with Gasteiger partial charge in [0.1, 0.15) is 48.5 Å². The lowest BCUT2D eigenvalue weighted by atomic mass is 9.47. The summed E-state index contributed by atoms with van der Waals surface area (Å²) in [4.78, 5) is 0. The zero-order valence-electron chi connectivity index (χ0n) is 31.0. The maximum absolute atomic E-state index is 11.1. The third kappa shape index (κ3) is 5.84. The van der Waals surface area contributed by atoms with Crippen LogP contribution in [0.1, 0.15) is 92.4 Å². The van der Waals surface area contributed by atoms with E-state index in [9.17, 15) is 30.6 Å². The molecule has 7 N–H and O–H groups in total. The summed E-state index contributed by atoms with van der Waals surface area (Å²) >= 11 is 0. The average Bonchev–Trinajstić information content (AvgIpc) is 3.56. The molecule has 8 aliphatic rings. The van der Waals surface area contributed by atoms with E-state index in [0.29, 0.717) is 47.0 Å². The number of fused-ring (bicyclic) bond motifs is 7. The van der Waals surface area contributed by atoms with Crippen LogP contribution in [-0.2, 0) is 23.7 Å². The van der Waals surface area contributed by atoms with E-state index in [0.717, 1.165) is 38.6 Å². The number of hydrogen-bond donors (Lipinski definition) is 7. The Morgan fingerprint density at radius 1 is 0.843 bits per heavy atom. The number of allylic oxidation sites excluding steroid dienone is 1. The van der Waals surface area contributed by atoms with Crippen molar-refractivity contribution in [3.05, 3.63) is 11.6 Å². The van der Waals surface area contributed by atoms with Crippen LogP contribution in [-0.4, -0.2) is 123 Å². The van der Waals surface area contributed by atoms with Crippen molar-refractivity contribution in [3.63, 3.8) is 0 Å². The van der Waals surface area contributed by atoms with Crippen LogP contribution in [0.3, 0.4) is 0 Å². The van der Waals surface area contributed by atoms with Gasteiger partial charge < -0.3 is 54.3 Å². The first kappa shape index (κ1) is 37.2. The Morgan fingerprint density at radius 2 is 1.59 bits per heavy atom. The van der Waals surface area contributed by atoms with E-state index in [2.05, 4.69) is 39.1 Å². The molecule has 0 aromatic heterocycles. The molecule has 0 unspecified atom stereocenters. The topological polar surface area (TPSA) is 180 Å². The van der Waals surface area contributed by atoms with Gasteiger partial charge in [0.15, 0.2) is 12.6 Å². The quantitative estimate of drug-likeness (QED) is 0.206. The van der Waals surface area contributed by atoms with E-state index in [1.165, 1.54) is 38.2 Å². The lowest BCUT2D eigenvalue weighted by Gasteiger charge is -2.59. The Labute approximate surface area is 302 Å². The normalized spacial score (nSPS) is 58.4. The van der Waals surface area contributed by atoms with Crippen molar-refractivity contribution in [2.75, 3.05) is 13.2 Å². The zero-order valence-corrected chi connectivity index (χ0v) is 31.0. The van der Waals surface area contributed by atoms with Crippen molar-refractivity contribution in [1.29, 1.82) is 0 Å². The molecule has 0 radical (unpaired) electrons. The highest BCUT2D eigenvalue weighted by molar-refractivity contribution is 5.26. The Kier molecular flexibility index (Phi) is 9.83. The number of aliphatic hydroxyl groups excluding tert-OH is 6. The summed E-state index contributed by atoms with van der Waals surface area (Å²) in [6, 6.07) is 0. The van der Waals surface area contributed by atoms with Crippen LogP contribution in [0.4, 0.5) is 0 Å². The standard InChI is InChI=1S/C39H63NO11/c1-18-8-13-39(40-16-18)19(2)28-26(51-39)15-25-23-7-6-21-14-22(9-11-37(21,4)24(23)10-12-38(25,28)5)48-36-33(46)31(44)34(27(17-41)49-36)50-35-32(45)30(43)29(42)20(3)47-35/h6,18-20,22-36,40-46H,7-17H2,1-5H3/t18-,19-,20-,22+,23+,24-,25-,26-,27+,28-,29+,30-,31+,32+,33+,34+,35+,36+,37-,38-,39+/m1/s1. The zero-order chi connectivity index (χ0) is 36.2. The summed E-state index contributed by atoms with van der Waals surface area (Å²) in [6.45, 7) is 11.9. The summed E-state index contributed by atoms with van der Waals surface area (Å²) in [6.07, 6.45) is -1.11. The molecular weight excluding hydrogens is 658 g/mol. The van der Waals surface area contributed by atoms with Crippen molar-refractivity contribution in [3.8, 4) is 0 Å². The molecule has 0 aromatic rings. The van der Waals surface area contributed by atoms with E-state index in [-0.39, 0.29) is 17.2 Å². The van der Waals surface area contributed by atoms with E-state index in [4.69, 9.17) is 23.7 Å². The van der Waals surface area contributed by atoms with Crippen LogP contribution in [0.25, 0.3) is 0 Å². The van der Waals surface area contributed by atoms with Crippen LogP contribution >= 0.6 is 0 Å². The summed E-state index contributed by atoms with van der Waals surface area (Å²) in [5.41, 5.74) is 1.66. The number of ether oxygens (including phenoxy) is 5. The fourth-order valence-electron chi connectivity index (χ4n) is 12.7. The molecule has 12 heteroatoms. The summed E-state index contributed by atoms with van der Waals surface area (Å²) < 4.78 is 30.7. The molecule has 4 aliphatic heterocycles. The monoisotopic (exact) mass is 721 g/mol. The molecule has 4 heterocycles. The van der Waals surface area contributed by atoms with Crippen molar-refractivity contribution < 1.29 is 54.3 Å². The maximum Gasteiger partial charge on any atom is 0.187 e. The number of nitrogens with one attached hydrogen (secondary N) is 1. The second-order valence-electron chi connectivity index (χ2n) is 18.4. The molecule has 0 aromatic carbocycles. The molecule has 0 bridgehead atoms. The average molecular weight is 722 g/mol. The number of aliphatic hydroxyl groups is 6. The van der Waals surface area contributed by atoms with Gasteiger partial charge in [-0.05, 0) is 105 Å². The first-order valence-electron chi connectivity index (χ1n) is 20.0. The second-order valence-corrected chi connectivity index (χ2v) is 18.4. The van der Waals surface area contributed by atoms with E-state index >= 15 is 0 Å². The molecule has 1 spiro atoms. The third-order valence-corrected chi connectivity index (χ3v) is 15.8. The molecule has 290 valence electrons. The van der Waals surface area contributed by atoms with Gasteiger partial charge in [-0.2, -0.15) is 0 Å². The van der Waals surface area contributed by atoms with Crippen molar-refractivity contribution >= 4 is 0 Å². The second kappa shape index (κ2) is 13.5. The lowest BCUT2D eigenvalue weighted by Crippen LogP contribution is -2.64. The maximum atomic E-state index is 11.1. The molecule has 21 atom stereocenters. The number of piperidine rings is 1. The Balaban J connectivity index is 0.915. The van der Waals surface area contributed by atoms with Gasteiger partial charge in [0.05, 0.1) is 24.9 Å². The Morgan fingerprint density at radius 3 is 2.31 bits per heavy atom. The first-order chi connectivity index (χ1) is 24.2. The van der Waals surface area contributed by atoms with E-state index in [1.807, 2.05) is 0 Å². The lowest BCUT2D eigenvalue weighted by molar-refractivity contribution is -0.360. The van der Waals surface area contributed by atoms with Gasteiger partial charge >= 0.3 is 0 Å². The fourth-order valence-corrected chi connectivity index (χ4v) is 12.7. The molecule has 51 heavy (non-hydrogen) atoms. The van der Waals surface area contributed by atoms with Gasteiger partial charge in [-0.25, -0.2) is 0 Å². The number of hydrogen-bond acceptors (Lipinski definition) is 12. The van der Waals surface area contributed by atoms with Crippen molar-refractivity contribution in [2.45, 2.75) is 172 Å². The Bertz CT molecular complexity index is 1310. The van der Waals surface area contributed by atoms with Crippen molar-refractivity contribution in [2.24, 2.45) is 46.3 Å². The minimum atomic E-state index is -1.60. The van der Waals surface area contributed by atoms with Crippen LogP contribution in [0.5, 0.6) is 0 Å². The van der Waals surface area contributed by atoms with Crippen LogP contribution in [0.15, 0.2) is 11.6 Å². The van der Waals surface area contributed by atoms with E-state index in [1.54, 1.807) is 0 Å². The molecule has 3 saturated carbocycles. The smallest absolute Gasteiger partial charge is 0.187 e.